The van der Waals surface area contributed by atoms with E-state index in [9.17, 15) is 9.90 Å². The number of aliphatic hydroxyl groups is 1. The van der Waals surface area contributed by atoms with Gasteiger partial charge in [-0.1, -0.05) is 37.6 Å². The number of rotatable bonds is 5. The van der Waals surface area contributed by atoms with Gasteiger partial charge in [-0.25, -0.2) is 0 Å². The maximum Gasteiger partial charge on any atom is 0.222 e. The summed E-state index contributed by atoms with van der Waals surface area (Å²) in [5.74, 6) is -0.0573. The molecule has 1 unspecified atom stereocenters. The monoisotopic (exact) mass is 255 g/mol. The average molecular weight is 256 g/mol. The van der Waals surface area contributed by atoms with Crippen molar-refractivity contribution >= 4 is 17.5 Å². The van der Waals surface area contributed by atoms with Crippen molar-refractivity contribution < 1.29 is 9.90 Å². The van der Waals surface area contributed by atoms with Crippen LogP contribution in [0.25, 0.3) is 0 Å². The van der Waals surface area contributed by atoms with Crippen molar-refractivity contribution in [2.75, 3.05) is 0 Å². The number of hydrogen-bond donors (Lipinski definition) is 2. The number of carbonyl (C=O) groups is 1. The van der Waals surface area contributed by atoms with Crippen LogP contribution in [0.1, 0.15) is 25.8 Å². The maximum atomic E-state index is 11.5. The fourth-order valence-corrected chi connectivity index (χ4v) is 1.56. The standard InChI is InChI=1S/C13H18ClNO2/c1-9(2)12(16)7-13(17)15-8-10-4-3-5-11(14)6-10/h3-6,9,12,16H,7-8H2,1-2H3,(H,15,17). The molecule has 0 bridgehead atoms. The molecule has 94 valence electrons. The Bertz CT molecular complexity index is 379. The molecule has 0 fully saturated rings. The highest BCUT2D eigenvalue weighted by Crippen LogP contribution is 2.10. The maximum absolute atomic E-state index is 11.5. The van der Waals surface area contributed by atoms with E-state index in [-0.39, 0.29) is 18.2 Å². The van der Waals surface area contributed by atoms with Gasteiger partial charge in [0.05, 0.1) is 12.5 Å². The molecule has 4 heteroatoms. The first-order valence-corrected chi connectivity index (χ1v) is 6.06. The second-order valence-corrected chi connectivity index (χ2v) is 4.86. The molecule has 1 amide bonds. The van der Waals surface area contributed by atoms with Crippen molar-refractivity contribution in [2.24, 2.45) is 5.92 Å². The fourth-order valence-electron chi connectivity index (χ4n) is 1.35. The van der Waals surface area contributed by atoms with Crippen molar-refractivity contribution in [3.05, 3.63) is 34.9 Å². The smallest absolute Gasteiger partial charge is 0.222 e. The Hall–Kier alpha value is -1.06. The molecule has 1 aromatic rings. The SMILES string of the molecule is CC(C)C(O)CC(=O)NCc1cccc(Cl)c1. The van der Waals surface area contributed by atoms with Crippen LogP contribution in [0.2, 0.25) is 5.02 Å². The lowest BCUT2D eigenvalue weighted by atomic mass is 10.0. The number of halogens is 1. The van der Waals surface area contributed by atoms with E-state index >= 15 is 0 Å². The summed E-state index contributed by atoms with van der Waals surface area (Å²) in [6, 6.07) is 7.33. The molecule has 1 rings (SSSR count). The third-order valence-electron chi connectivity index (χ3n) is 2.54. The second kappa shape index (κ2) is 6.62. The quantitative estimate of drug-likeness (QED) is 0.849. The molecular formula is C13H18ClNO2. The molecule has 0 aromatic heterocycles. The second-order valence-electron chi connectivity index (χ2n) is 4.42. The van der Waals surface area contributed by atoms with Crippen LogP contribution in [0.4, 0.5) is 0 Å². The minimum atomic E-state index is -0.589. The van der Waals surface area contributed by atoms with Crippen LogP contribution in [0, 0.1) is 5.92 Å². The Balaban J connectivity index is 2.38. The van der Waals surface area contributed by atoms with Crippen molar-refractivity contribution in [2.45, 2.75) is 32.9 Å². The van der Waals surface area contributed by atoms with Gasteiger partial charge >= 0.3 is 0 Å². The largest absolute Gasteiger partial charge is 0.392 e. The van der Waals surface area contributed by atoms with Crippen molar-refractivity contribution in [1.82, 2.24) is 5.32 Å². The lowest BCUT2D eigenvalue weighted by molar-refractivity contribution is -0.123. The van der Waals surface area contributed by atoms with E-state index in [0.29, 0.717) is 11.6 Å². The van der Waals surface area contributed by atoms with Gasteiger partial charge in [-0.15, -0.1) is 0 Å². The average Bonchev–Trinajstić information content (AvgIpc) is 2.26. The predicted molar refractivity (Wildman–Crippen MR) is 68.8 cm³/mol. The molecular weight excluding hydrogens is 238 g/mol. The molecule has 17 heavy (non-hydrogen) atoms. The Morgan fingerprint density at radius 3 is 2.76 bits per heavy atom. The molecule has 0 heterocycles. The van der Waals surface area contributed by atoms with Crippen LogP contribution in [-0.4, -0.2) is 17.1 Å². The number of carbonyl (C=O) groups excluding carboxylic acids is 1. The molecule has 0 saturated heterocycles. The molecule has 0 radical (unpaired) electrons. The summed E-state index contributed by atoms with van der Waals surface area (Å²) in [7, 11) is 0. The molecule has 0 spiro atoms. The zero-order chi connectivity index (χ0) is 12.8. The van der Waals surface area contributed by atoms with E-state index in [1.165, 1.54) is 0 Å². The van der Waals surface area contributed by atoms with E-state index in [0.717, 1.165) is 5.56 Å². The zero-order valence-corrected chi connectivity index (χ0v) is 10.9. The Morgan fingerprint density at radius 2 is 2.18 bits per heavy atom. The Kier molecular flexibility index (Phi) is 5.45. The van der Waals surface area contributed by atoms with Gasteiger partial charge in [0.2, 0.25) is 5.91 Å². The first kappa shape index (κ1) is 14.0. The third kappa shape index (κ3) is 5.20. The molecule has 0 saturated carbocycles. The van der Waals surface area contributed by atoms with Gasteiger partial charge < -0.3 is 10.4 Å². The van der Waals surface area contributed by atoms with Crippen LogP contribution >= 0.6 is 11.6 Å². The molecule has 0 aliphatic rings. The summed E-state index contributed by atoms with van der Waals surface area (Å²) in [6.45, 7) is 4.20. The lowest BCUT2D eigenvalue weighted by Gasteiger charge is -2.14. The summed E-state index contributed by atoms with van der Waals surface area (Å²) in [6.07, 6.45) is -0.451. The lowest BCUT2D eigenvalue weighted by Crippen LogP contribution is -2.29. The number of aliphatic hydroxyl groups excluding tert-OH is 1. The van der Waals surface area contributed by atoms with Gasteiger partial charge in [0.15, 0.2) is 0 Å². The number of nitrogens with one attached hydrogen (secondary N) is 1. The minimum Gasteiger partial charge on any atom is -0.392 e. The molecule has 1 atom stereocenters. The summed E-state index contributed by atoms with van der Waals surface area (Å²) >= 11 is 5.83. The van der Waals surface area contributed by atoms with E-state index in [1.54, 1.807) is 12.1 Å². The third-order valence-corrected chi connectivity index (χ3v) is 2.78. The van der Waals surface area contributed by atoms with Gasteiger partial charge in [0.1, 0.15) is 0 Å². The number of benzene rings is 1. The number of amides is 1. The molecule has 2 N–H and O–H groups in total. The fraction of sp³-hybridized carbons (Fsp3) is 0.462. The highest BCUT2D eigenvalue weighted by Gasteiger charge is 2.13. The highest BCUT2D eigenvalue weighted by molar-refractivity contribution is 6.30. The van der Waals surface area contributed by atoms with Crippen molar-refractivity contribution in [1.29, 1.82) is 0 Å². The van der Waals surface area contributed by atoms with Gasteiger partial charge in [0.25, 0.3) is 0 Å². The first-order valence-electron chi connectivity index (χ1n) is 5.68. The minimum absolute atomic E-state index is 0.0897. The topological polar surface area (TPSA) is 49.3 Å². The van der Waals surface area contributed by atoms with Crippen LogP contribution in [0.15, 0.2) is 24.3 Å². The van der Waals surface area contributed by atoms with Gasteiger partial charge in [-0.3, -0.25) is 4.79 Å². The summed E-state index contributed by atoms with van der Waals surface area (Å²) in [5.41, 5.74) is 0.949. The van der Waals surface area contributed by atoms with E-state index < -0.39 is 6.10 Å². The molecule has 3 nitrogen and oxygen atoms in total. The van der Waals surface area contributed by atoms with Crippen LogP contribution in [-0.2, 0) is 11.3 Å². The normalized spacial score (nSPS) is 12.5. The number of hydrogen-bond acceptors (Lipinski definition) is 2. The van der Waals surface area contributed by atoms with Crippen LogP contribution in [0.5, 0.6) is 0 Å². The summed E-state index contributed by atoms with van der Waals surface area (Å²) in [5, 5.41) is 13.0. The van der Waals surface area contributed by atoms with Crippen LogP contribution < -0.4 is 5.32 Å². The van der Waals surface area contributed by atoms with E-state index in [1.807, 2.05) is 26.0 Å². The van der Waals surface area contributed by atoms with Gasteiger partial charge in [0, 0.05) is 11.6 Å². The summed E-state index contributed by atoms with van der Waals surface area (Å²) in [4.78, 5) is 11.5. The van der Waals surface area contributed by atoms with Crippen molar-refractivity contribution in [3.8, 4) is 0 Å². The highest BCUT2D eigenvalue weighted by atomic mass is 35.5. The van der Waals surface area contributed by atoms with Crippen LogP contribution in [0.3, 0.4) is 0 Å². The Morgan fingerprint density at radius 1 is 1.47 bits per heavy atom. The van der Waals surface area contributed by atoms with Crippen molar-refractivity contribution in [3.63, 3.8) is 0 Å². The zero-order valence-electron chi connectivity index (χ0n) is 10.1. The molecule has 1 aromatic carbocycles. The molecule has 0 aliphatic carbocycles. The summed E-state index contributed by atoms with van der Waals surface area (Å²) < 4.78 is 0. The van der Waals surface area contributed by atoms with E-state index in [2.05, 4.69) is 5.32 Å². The predicted octanol–water partition coefficient (Wildman–Crippen LogP) is 2.36. The first-order chi connectivity index (χ1) is 7.99. The van der Waals surface area contributed by atoms with E-state index in [4.69, 9.17) is 11.6 Å². The molecule has 0 aliphatic heterocycles. The Labute approximate surface area is 107 Å². The van der Waals surface area contributed by atoms with Gasteiger partial charge in [-0.05, 0) is 23.6 Å². The van der Waals surface area contributed by atoms with Gasteiger partial charge in [-0.2, -0.15) is 0 Å².